The van der Waals surface area contributed by atoms with Crippen LogP contribution in [0.3, 0.4) is 0 Å². The number of esters is 1. The smallest absolute Gasteiger partial charge is 0.302 e. The predicted molar refractivity (Wildman–Crippen MR) is 125 cm³/mol. The average molecular weight is 441 g/mol. The van der Waals surface area contributed by atoms with Crippen molar-refractivity contribution < 1.29 is 23.7 Å². The predicted octanol–water partition coefficient (Wildman–Crippen LogP) is 5.56. The first-order valence-electron chi connectivity index (χ1n) is 11.7. The molecule has 174 valence electrons. The molecule has 0 aliphatic carbocycles. The Morgan fingerprint density at radius 2 is 1.84 bits per heavy atom. The highest BCUT2D eigenvalue weighted by Crippen LogP contribution is 2.41. The molecular weight excluding hydrogens is 404 g/mol. The Morgan fingerprint density at radius 3 is 2.44 bits per heavy atom. The molecule has 1 heterocycles. The normalized spacial score (nSPS) is 23.0. The number of carbonyl (C=O) groups is 1. The molecule has 1 aliphatic rings. The maximum atomic E-state index is 11.6. The lowest BCUT2D eigenvalue weighted by atomic mass is 9.88. The van der Waals surface area contributed by atoms with Crippen LogP contribution in [0.5, 0.6) is 5.75 Å². The van der Waals surface area contributed by atoms with Gasteiger partial charge in [-0.25, -0.2) is 0 Å². The molecule has 0 N–H and O–H groups in total. The Bertz CT molecular complexity index is 891. The maximum absolute atomic E-state index is 11.6. The standard InChI is InChI=1S/C27H36O5/c1-6-21-11-12-23(16-22(21)15-20-9-13-25(14-10-20)30-8-3)27(29-5)18-26(31-19(4)28)17-24(7-2)32-27/h9-14,16,24,26H,6-8,15,17-18H2,1-5H3. The van der Waals surface area contributed by atoms with E-state index in [9.17, 15) is 4.79 Å². The van der Waals surface area contributed by atoms with Gasteiger partial charge in [0.1, 0.15) is 11.9 Å². The Balaban J connectivity index is 1.92. The number of ether oxygens (including phenoxy) is 4. The second-order valence-electron chi connectivity index (χ2n) is 8.37. The van der Waals surface area contributed by atoms with Crippen molar-refractivity contribution in [3.63, 3.8) is 0 Å². The van der Waals surface area contributed by atoms with E-state index in [2.05, 4.69) is 44.2 Å². The number of hydrogen-bond acceptors (Lipinski definition) is 5. The van der Waals surface area contributed by atoms with E-state index in [0.29, 0.717) is 19.4 Å². The van der Waals surface area contributed by atoms with Crippen molar-refractivity contribution >= 4 is 5.97 Å². The van der Waals surface area contributed by atoms with Crippen molar-refractivity contribution in [1.29, 1.82) is 0 Å². The van der Waals surface area contributed by atoms with Crippen molar-refractivity contribution in [2.75, 3.05) is 13.7 Å². The van der Waals surface area contributed by atoms with E-state index in [1.807, 2.05) is 19.1 Å². The minimum absolute atomic E-state index is 0.0338. The summed E-state index contributed by atoms with van der Waals surface area (Å²) in [4.78, 5) is 11.6. The molecule has 5 nitrogen and oxygen atoms in total. The third kappa shape index (κ3) is 5.70. The Kier molecular flexibility index (Phi) is 8.32. The topological polar surface area (TPSA) is 54.0 Å². The lowest BCUT2D eigenvalue weighted by Crippen LogP contribution is -2.46. The summed E-state index contributed by atoms with van der Waals surface area (Å²) < 4.78 is 23.6. The fourth-order valence-corrected chi connectivity index (χ4v) is 4.51. The molecule has 3 atom stereocenters. The number of benzene rings is 2. The van der Waals surface area contributed by atoms with Crippen LogP contribution in [0.2, 0.25) is 0 Å². The molecule has 0 bridgehead atoms. The zero-order valence-corrected chi connectivity index (χ0v) is 20.0. The average Bonchev–Trinajstić information content (AvgIpc) is 2.79. The van der Waals surface area contributed by atoms with Gasteiger partial charge in [-0.1, -0.05) is 38.1 Å². The summed E-state index contributed by atoms with van der Waals surface area (Å²) in [6, 6.07) is 14.7. The van der Waals surface area contributed by atoms with Gasteiger partial charge in [0.25, 0.3) is 0 Å². The molecule has 0 saturated carbocycles. The molecule has 5 heteroatoms. The number of carbonyl (C=O) groups excluding carboxylic acids is 1. The van der Waals surface area contributed by atoms with Crippen molar-refractivity contribution in [1.82, 2.24) is 0 Å². The summed E-state index contributed by atoms with van der Waals surface area (Å²) in [5, 5.41) is 0. The monoisotopic (exact) mass is 440 g/mol. The van der Waals surface area contributed by atoms with Crippen LogP contribution in [0.1, 0.15) is 69.2 Å². The Labute approximate surface area is 192 Å². The van der Waals surface area contributed by atoms with E-state index >= 15 is 0 Å². The summed E-state index contributed by atoms with van der Waals surface area (Å²) in [5.74, 6) is -0.315. The molecule has 0 radical (unpaired) electrons. The third-order valence-corrected chi connectivity index (χ3v) is 6.15. The highest BCUT2D eigenvalue weighted by Gasteiger charge is 2.44. The van der Waals surface area contributed by atoms with Gasteiger partial charge in [0.2, 0.25) is 0 Å². The van der Waals surface area contributed by atoms with Crippen molar-refractivity contribution in [2.24, 2.45) is 0 Å². The van der Waals surface area contributed by atoms with Gasteiger partial charge in [0, 0.05) is 32.4 Å². The number of rotatable bonds is 9. The van der Waals surface area contributed by atoms with E-state index in [4.69, 9.17) is 18.9 Å². The van der Waals surface area contributed by atoms with E-state index in [-0.39, 0.29) is 18.2 Å². The van der Waals surface area contributed by atoms with Gasteiger partial charge in [-0.15, -0.1) is 0 Å². The number of hydrogen-bond donors (Lipinski definition) is 0. The first-order valence-corrected chi connectivity index (χ1v) is 11.7. The van der Waals surface area contributed by atoms with Crippen molar-refractivity contribution in [3.8, 4) is 5.75 Å². The van der Waals surface area contributed by atoms with Crippen LogP contribution in [0.15, 0.2) is 42.5 Å². The highest BCUT2D eigenvalue weighted by molar-refractivity contribution is 5.66. The lowest BCUT2D eigenvalue weighted by Gasteiger charge is -2.43. The van der Waals surface area contributed by atoms with Gasteiger partial charge in [-0.3, -0.25) is 4.79 Å². The fourth-order valence-electron chi connectivity index (χ4n) is 4.51. The van der Waals surface area contributed by atoms with Crippen LogP contribution in [0.4, 0.5) is 0 Å². The molecule has 0 spiro atoms. The van der Waals surface area contributed by atoms with Crippen LogP contribution in [-0.4, -0.2) is 31.9 Å². The summed E-state index contributed by atoms with van der Waals surface area (Å²) >= 11 is 0. The molecule has 2 aromatic carbocycles. The first-order chi connectivity index (χ1) is 15.4. The minimum Gasteiger partial charge on any atom is -0.494 e. The quantitative estimate of drug-likeness (QED) is 0.478. The molecule has 1 fully saturated rings. The van der Waals surface area contributed by atoms with Gasteiger partial charge in [0.15, 0.2) is 5.79 Å². The fraction of sp³-hybridized carbons (Fsp3) is 0.519. The van der Waals surface area contributed by atoms with Crippen LogP contribution >= 0.6 is 0 Å². The summed E-state index contributed by atoms with van der Waals surface area (Å²) in [6.45, 7) is 8.35. The van der Waals surface area contributed by atoms with Gasteiger partial charge >= 0.3 is 5.97 Å². The van der Waals surface area contributed by atoms with Crippen LogP contribution in [0.25, 0.3) is 0 Å². The van der Waals surface area contributed by atoms with Crippen LogP contribution in [0, 0.1) is 0 Å². The zero-order chi connectivity index (χ0) is 23.1. The molecule has 3 unspecified atom stereocenters. The Hall–Kier alpha value is -2.37. The molecule has 1 saturated heterocycles. The van der Waals surface area contributed by atoms with E-state index in [1.54, 1.807) is 7.11 Å². The highest BCUT2D eigenvalue weighted by atomic mass is 16.7. The molecular formula is C27H36O5. The van der Waals surface area contributed by atoms with Gasteiger partial charge in [-0.2, -0.15) is 0 Å². The summed E-state index contributed by atoms with van der Waals surface area (Å²) in [5.41, 5.74) is 4.74. The van der Waals surface area contributed by atoms with Gasteiger partial charge in [-0.05, 0) is 61.1 Å². The van der Waals surface area contributed by atoms with Crippen molar-refractivity contribution in [3.05, 3.63) is 64.7 Å². The van der Waals surface area contributed by atoms with E-state index < -0.39 is 5.79 Å². The SMILES string of the molecule is CCOc1ccc(Cc2cc(C3(OC)CC(OC(C)=O)CC(CC)O3)ccc2CC)cc1. The van der Waals surface area contributed by atoms with E-state index in [0.717, 1.165) is 30.6 Å². The minimum atomic E-state index is -0.932. The molecule has 32 heavy (non-hydrogen) atoms. The Morgan fingerprint density at radius 1 is 1.09 bits per heavy atom. The molecule has 0 aromatic heterocycles. The number of methoxy groups -OCH3 is 1. The van der Waals surface area contributed by atoms with E-state index in [1.165, 1.54) is 23.6 Å². The zero-order valence-electron chi connectivity index (χ0n) is 20.0. The lowest BCUT2D eigenvalue weighted by molar-refractivity contribution is -0.296. The summed E-state index contributed by atoms with van der Waals surface area (Å²) in [6.07, 6.45) is 3.49. The molecule has 2 aromatic rings. The molecule has 0 amide bonds. The second kappa shape index (κ2) is 11.0. The van der Waals surface area contributed by atoms with Gasteiger partial charge < -0.3 is 18.9 Å². The van der Waals surface area contributed by atoms with Crippen LogP contribution in [-0.2, 0) is 37.6 Å². The second-order valence-corrected chi connectivity index (χ2v) is 8.37. The molecule has 1 aliphatic heterocycles. The third-order valence-electron chi connectivity index (χ3n) is 6.15. The number of aryl methyl sites for hydroxylation is 1. The van der Waals surface area contributed by atoms with Crippen molar-refractivity contribution in [2.45, 2.75) is 77.8 Å². The maximum Gasteiger partial charge on any atom is 0.302 e. The summed E-state index contributed by atoms with van der Waals surface area (Å²) in [7, 11) is 1.67. The van der Waals surface area contributed by atoms with Crippen LogP contribution < -0.4 is 4.74 Å². The first kappa shape index (κ1) is 24.3. The largest absolute Gasteiger partial charge is 0.494 e. The van der Waals surface area contributed by atoms with Gasteiger partial charge in [0.05, 0.1) is 12.7 Å². The molecule has 3 rings (SSSR count).